The van der Waals surface area contributed by atoms with E-state index in [1.165, 1.54) is 18.2 Å². The fourth-order valence-electron chi connectivity index (χ4n) is 2.55. The monoisotopic (exact) mass is 456 g/mol. The summed E-state index contributed by atoms with van der Waals surface area (Å²) < 4.78 is 25.6. The van der Waals surface area contributed by atoms with Crippen LogP contribution in [-0.4, -0.2) is 26.0 Å². The first-order chi connectivity index (χ1) is 12.2. The van der Waals surface area contributed by atoms with Crippen LogP contribution in [0.15, 0.2) is 40.9 Å². The molecule has 0 radical (unpaired) electrons. The second-order valence-electron chi connectivity index (χ2n) is 5.81. The second kappa shape index (κ2) is 7.02. The van der Waals surface area contributed by atoms with Gasteiger partial charge in [0.1, 0.15) is 0 Å². The van der Waals surface area contributed by atoms with Crippen LogP contribution in [0.1, 0.15) is 22.3 Å². The average Bonchev–Trinajstić information content (AvgIpc) is 2.83. The Morgan fingerprint density at radius 3 is 2.54 bits per heavy atom. The molecule has 1 aliphatic heterocycles. The number of sulfonamides is 1. The summed E-state index contributed by atoms with van der Waals surface area (Å²) in [4.78, 5) is 24.3. The minimum Gasteiger partial charge on any atom is -0.322 e. The smallest absolute Gasteiger partial charge is 0.257 e. The number of anilines is 2. The van der Waals surface area contributed by atoms with E-state index < -0.39 is 21.8 Å². The highest BCUT2D eigenvalue weighted by Gasteiger charge is 2.36. The molecular weight excluding hydrogens is 444 g/mol. The Hall–Kier alpha value is -1.90. The van der Waals surface area contributed by atoms with Gasteiger partial charge in [-0.05, 0) is 42.8 Å². The molecule has 1 N–H and O–H groups in total. The fraction of sp³-hybridized carbons (Fsp3) is 0.176. The molecule has 0 bridgehead atoms. The maximum atomic E-state index is 12.4. The number of hydrogen-bond donors (Lipinski definition) is 1. The number of hydrogen-bond acceptors (Lipinski definition) is 4. The summed E-state index contributed by atoms with van der Waals surface area (Å²) in [5.41, 5.74) is 1.93. The largest absolute Gasteiger partial charge is 0.322 e. The molecule has 1 heterocycles. The quantitative estimate of drug-likeness (QED) is 0.761. The molecule has 3 rings (SSSR count). The van der Waals surface area contributed by atoms with Crippen LogP contribution in [0.2, 0.25) is 5.02 Å². The van der Waals surface area contributed by atoms with Gasteiger partial charge in [-0.15, -0.1) is 0 Å². The van der Waals surface area contributed by atoms with E-state index in [9.17, 15) is 18.0 Å². The van der Waals surface area contributed by atoms with Crippen LogP contribution in [0.3, 0.4) is 0 Å². The van der Waals surface area contributed by atoms with E-state index >= 15 is 0 Å². The Labute approximate surface area is 164 Å². The Kier molecular flexibility index (Phi) is 5.09. The van der Waals surface area contributed by atoms with Crippen molar-refractivity contribution in [2.45, 2.75) is 13.3 Å². The Morgan fingerprint density at radius 1 is 1.23 bits per heavy atom. The molecule has 26 heavy (non-hydrogen) atoms. The summed E-state index contributed by atoms with van der Waals surface area (Å²) in [5, 5.41) is 2.79. The maximum absolute atomic E-state index is 12.4. The van der Waals surface area contributed by atoms with E-state index in [1.807, 2.05) is 13.0 Å². The highest BCUT2D eigenvalue weighted by Crippen LogP contribution is 2.30. The van der Waals surface area contributed by atoms with Gasteiger partial charge in [0.05, 0.1) is 22.0 Å². The van der Waals surface area contributed by atoms with Gasteiger partial charge >= 0.3 is 0 Å². The Balaban J connectivity index is 1.86. The van der Waals surface area contributed by atoms with Gasteiger partial charge < -0.3 is 5.32 Å². The lowest BCUT2D eigenvalue weighted by atomic mass is 10.1. The molecule has 6 nitrogen and oxygen atoms in total. The molecule has 1 aliphatic rings. The number of carbonyl (C=O) groups is 2. The number of amides is 2. The molecule has 1 saturated heterocycles. The van der Waals surface area contributed by atoms with Crippen LogP contribution in [0.4, 0.5) is 11.4 Å². The molecule has 0 spiro atoms. The van der Waals surface area contributed by atoms with E-state index in [-0.39, 0.29) is 28.4 Å². The van der Waals surface area contributed by atoms with Gasteiger partial charge in [-0.3, -0.25) is 9.59 Å². The first-order valence-corrected chi connectivity index (χ1v) is 10.4. The van der Waals surface area contributed by atoms with Crippen molar-refractivity contribution in [3.05, 3.63) is 57.0 Å². The van der Waals surface area contributed by atoms with E-state index in [4.69, 9.17) is 11.6 Å². The molecule has 2 aromatic carbocycles. The number of nitrogens with one attached hydrogen (secondary N) is 1. The summed E-state index contributed by atoms with van der Waals surface area (Å²) in [6, 6.07) is 9.49. The van der Waals surface area contributed by atoms with Crippen LogP contribution < -0.4 is 9.62 Å². The number of aryl methyl sites for hydroxylation is 1. The van der Waals surface area contributed by atoms with Crippen molar-refractivity contribution >= 4 is 60.7 Å². The van der Waals surface area contributed by atoms with E-state index in [1.54, 1.807) is 12.1 Å². The van der Waals surface area contributed by atoms with Crippen LogP contribution in [-0.2, 0) is 14.8 Å². The predicted octanol–water partition coefficient (Wildman–Crippen LogP) is 3.73. The van der Waals surface area contributed by atoms with E-state index in [0.29, 0.717) is 5.69 Å². The van der Waals surface area contributed by atoms with Gasteiger partial charge in [0.25, 0.3) is 5.91 Å². The number of nitrogens with zero attached hydrogens (tertiary/aromatic N) is 1. The van der Waals surface area contributed by atoms with E-state index in [0.717, 1.165) is 14.3 Å². The first-order valence-electron chi connectivity index (χ1n) is 7.62. The van der Waals surface area contributed by atoms with Crippen LogP contribution in [0.5, 0.6) is 0 Å². The van der Waals surface area contributed by atoms with Crippen molar-refractivity contribution in [1.29, 1.82) is 0 Å². The van der Waals surface area contributed by atoms with E-state index in [2.05, 4.69) is 21.2 Å². The summed E-state index contributed by atoms with van der Waals surface area (Å²) in [6.07, 6.45) is -0.0650. The van der Waals surface area contributed by atoms with Crippen molar-refractivity contribution in [1.82, 2.24) is 0 Å². The summed E-state index contributed by atoms with van der Waals surface area (Å²) in [5.74, 6) is -1.18. The van der Waals surface area contributed by atoms with Gasteiger partial charge in [-0.1, -0.05) is 33.6 Å². The lowest BCUT2D eigenvalue weighted by molar-refractivity contribution is -0.116. The molecule has 0 aliphatic carbocycles. The molecule has 0 unspecified atom stereocenters. The molecule has 1 fully saturated rings. The SMILES string of the molecule is Cc1ccc(NC(=O)c2ccc(N3C(=O)CCS3(=O)=O)cc2Cl)cc1Br. The third kappa shape index (κ3) is 3.62. The molecule has 2 amide bonds. The highest BCUT2D eigenvalue weighted by atomic mass is 79.9. The molecular formula is C17H14BrClN2O4S. The molecule has 2 aromatic rings. The van der Waals surface area contributed by atoms with Gasteiger partial charge in [0, 0.05) is 16.6 Å². The first kappa shape index (κ1) is 18.9. The van der Waals surface area contributed by atoms with Gasteiger partial charge in [-0.25, -0.2) is 12.7 Å². The minimum absolute atomic E-state index is 0.0566. The molecule has 0 saturated carbocycles. The van der Waals surface area contributed by atoms with Crippen LogP contribution in [0, 0.1) is 6.92 Å². The summed E-state index contributed by atoms with van der Waals surface area (Å²) >= 11 is 9.56. The van der Waals surface area contributed by atoms with Crippen molar-refractivity contribution < 1.29 is 18.0 Å². The van der Waals surface area contributed by atoms with Crippen LogP contribution in [0.25, 0.3) is 0 Å². The van der Waals surface area contributed by atoms with Crippen molar-refractivity contribution in [2.24, 2.45) is 0 Å². The summed E-state index contributed by atoms with van der Waals surface area (Å²) in [7, 11) is -3.68. The number of carbonyl (C=O) groups excluding carboxylic acids is 2. The standard InChI is InChI=1S/C17H14BrClN2O4S/c1-10-2-3-11(8-14(10)18)20-17(23)13-5-4-12(9-15(13)19)21-16(22)6-7-26(21,24)25/h2-5,8-9H,6-7H2,1H3,(H,20,23). The zero-order chi connectivity index (χ0) is 19.1. The zero-order valence-electron chi connectivity index (χ0n) is 13.6. The van der Waals surface area contributed by atoms with Gasteiger partial charge in [0.15, 0.2) is 0 Å². The Morgan fingerprint density at radius 2 is 1.96 bits per heavy atom. The van der Waals surface area contributed by atoms with Gasteiger partial charge in [0.2, 0.25) is 15.9 Å². The lowest BCUT2D eigenvalue weighted by Crippen LogP contribution is -2.29. The van der Waals surface area contributed by atoms with Crippen LogP contribution >= 0.6 is 27.5 Å². The fourth-order valence-corrected chi connectivity index (χ4v) is 4.64. The molecule has 0 atom stereocenters. The predicted molar refractivity (Wildman–Crippen MR) is 104 cm³/mol. The maximum Gasteiger partial charge on any atom is 0.257 e. The topological polar surface area (TPSA) is 83.6 Å². The molecule has 9 heteroatoms. The number of rotatable bonds is 3. The minimum atomic E-state index is -3.68. The highest BCUT2D eigenvalue weighted by molar-refractivity contribution is 9.10. The second-order valence-corrected chi connectivity index (χ2v) is 9.01. The van der Waals surface area contributed by atoms with Crippen molar-refractivity contribution in [3.63, 3.8) is 0 Å². The zero-order valence-corrected chi connectivity index (χ0v) is 16.8. The Bertz CT molecular complexity index is 1020. The molecule has 136 valence electrons. The van der Waals surface area contributed by atoms with Crippen molar-refractivity contribution in [2.75, 3.05) is 15.4 Å². The van der Waals surface area contributed by atoms with Gasteiger partial charge in [-0.2, -0.15) is 0 Å². The lowest BCUT2D eigenvalue weighted by Gasteiger charge is -2.16. The number of halogens is 2. The average molecular weight is 458 g/mol. The molecule has 0 aromatic heterocycles. The van der Waals surface area contributed by atoms with Crippen molar-refractivity contribution in [3.8, 4) is 0 Å². The third-order valence-electron chi connectivity index (χ3n) is 3.94. The normalized spacial score (nSPS) is 16.0. The summed E-state index contributed by atoms with van der Waals surface area (Å²) in [6.45, 7) is 1.93. The number of benzene rings is 2. The third-order valence-corrected chi connectivity index (χ3v) is 6.80.